The smallest absolute Gasteiger partial charge is 0.0914 e. The minimum absolute atomic E-state index is 0.219. The van der Waals surface area contributed by atoms with Crippen LogP contribution in [-0.2, 0) is 0 Å². The monoisotopic (exact) mass is 231 g/mol. The maximum Gasteiger partial charge on any atom is 0.0914 e. The first kappa shape index (κ1) is 13.2. The molecule has 0 amide bonds. The van der Waals surface area contributed by atoms with Crippen LogP contribution in [0, 0.1) is 17.8 Å². The lowest BCUT2D eigenvalue weighted by Gasteiger charge is -2.40. The van der Waals surface area contributed by atoms with Gasteiger partial charge in [0.05, 0.1) is 7.85 Å². The summed E-state index contributed by atoms with van der Waals surface area (Å²) >= 11 is 0. The second kappa shape index (κ2) is 5.18. The maximum atomic E-state index is 6.40. The summed E-state index contributed by atoms with van der Waals surface area (Å²) in [5.74, 6) is 2.36. The van der Waals surface area contributed by atoms with Gasteiger partial charge in [0, 0.05) is 12.6 Å². The number of fused-ring (bicyclic) bond motifs is 1. The molecule has 0 bridgehead atoms. The Morgan fingerprint density at radius 3 is 2.59 bits per heavy atom. The van der Waals surface area contributed by atoms with Crippen LogP contribution in [0.1, 0.15) is 47.0 Å². The van der Waals surface area contributed by atoms with E-state index in [-0.39, 0.29) is 5.94 Å². The summed E-state index contributed by atoms with van der Waals surface area (Å²) in [5.41, 5.74) is 1.71. The number of hydrogen-bond donors (Lipinski definition) is 0. The highest BCUT2D eigenvalue weighted by molar-refractivity contribution is 6.11. The minimum Gasteiger partial charge on any atom is -0.305 e. The van der Waals surface area contributed by atoms with Crippen molar-refractivity contribution in [3.05, 3.63) is 11.6 Å². The molecule has 0 aromatic rings. The van der Waals surface area contributed by atoms with Crippen molar-refractivity contribution in [2.24, 2.45) is 17.8 Å². The fraction of sp³-hybridized carbons (Fsp3) is 0.867. The van der Waals surface area contributed by atoms with E-state index in [9.17, 15) is 0 Å². The third-order valence-electron chi connectivity index (χ3n) is 4.17. The lowest BCUT2D eigenvalue weighted by Crippen LogP contribution is -2.48. The van der Waals surface area contributed by atoms with Gasteiger partial charge in [-0.25, -0.2) is 0 Å². The summed E-state index contributed by atoms with van der Waals surface area (Å²) in [5, 5.41) is 0. The Labute approximate surface area is 108 Å². The number of allylic oxidation sites excluding steroid dienone is 1. The molecule has 2 aliphatic rings. The summed E-state index contributed by atoms with van der Waals surface area (Å²) in [6.45, 7) is 10.2. The largest absolute Gasteiger partial charge is 0.305 e. The number of rotatable bonds is 5. The Balaban J connectivity index is 2.01. The van der Waals surface area contributed by atoms with Gasteiger partial charge in [0.15, 0.2) is 0 Å². The molecular formula is C15H26BN. The maximum absolute atomic E-state index is 6.40. The van der Waals surface area contributed by atoms with Crippen LogP contribution in [0.3, 0.4) is 0 Å². The zero-order valence-corrected chi connectivity index (χ0v) is 11.8. The van der Waals surface area contributed by atoms with E-state index in [4.69, 9.17) is 7.85 Å². The second-order valence-corrected chi connectivity index (χ2v) is 6.63. The Bertz CT molecular complexity index is 295. The molecule has 0 aliphatic heterocycles. The van der Waals surface area contributed by atoms with Gasteiger partial charge >= 0.3 is 0 Å². The molecule has 1 fully saturated rings. The summed E-state index contributed by atoms with van der Waals surface area (Å²) in [7, 11) is 6.40. The molecule has 0 heterocycles. The van der Waals surface area contributed by atoms with Gasteiger partial charge in [0.1, 0.15) is 0 Å². The number of hydrogen-bond acceptors (Lipinski definition) is 1. The zero-order valence-electron chi connectivity index (χ0n) is 11.8. The molecule has 2 heteroatoms. The molecule has 0 aromatic heterocycles. The Morgan fingerprint density at radius 2 is 2.06 bits per heavy atom. The third-order valence-corrected chi connectivity index (χ3v) is 4.17. The Kier molecular flexibility index (Phi) is 4.02. The first-order valence-corrected chi connectivity index (χ1v) is 7.19. The van der Waals surface area contributed by atoms with Crippen LogP contribution in [0.4, 0.5) is 0 Å². The van der Waals surface area contributed by atoms with E-state index in [1.165, 1.54) is 19.3 Å². The van der Waals surface area contributed by atoms with Crippen molar-refractivity contribution >= 4 is 7.85 Å². The molecule has 1 nitrogen and oxygen atoms in total. The van der Waals surface area contributed by atoms with Crippen LogP contribution in [0.25, 0.3) is 0 Å². The van der Waals surface area contributed by atoms with E-state index in [1.807, 2.05) is 0 Å². The average molecular weight is 231 g/mol. The highest BCUT2D eigenvalue weighted by Gasteiger charge is 2.38. The lowest BCUT2D eigenvalue weighted by atomic mass is 9.81. The van der Waals surface area contributed by atoms with E-state index in [0.29, 0.717) is 17.9 Å². The molecule has 0 spiro atoms. The van der Waals surface area contributed by atoms with Crippen molar-refractivity contribution in [3.8, 4) is 0 Å². The van der Waals surface area contributed by atoms with Gasteiger partial charge in [-0.15, -0.1) is 0 Å². The summed E-state index contributed by atoms with van der Waals surface area (Å²) in [6, 6.07) is 0.686. The zero-order chi connectivity index (χ0) is 12.6. The second-order valence-electron chi connectivity index (χ2n) is 6.63. The lowest BCUT2D eigenvalue weighted by molar-refractivity contribution is 0.121. The van der Waals surface area contributed by atoms with Crippen molar-refractivity contribution in [3.63, 3.8) is 0 Å². The fourth-order valence-electron chi connectivity index (χ4n) is 3.01. The first-order chi connectivity index (χ1) is 7.99. The summed E-state index contributed by atoms with van der Waals surface area (Å²) in [6.07, 6.45) is 6.40. The van der Waals surface area contributed by atoms with E-state index in [1.54, 1.807) is 5.57 Å². The van der Waals surface area contributed by atoms with Crippen molar-refractivity contribution in [1.29, 1.82) is 0 Å². The first-order valence-electron chi connectivity index (χ1n) is 7.19. The Hall–Kier alpha value is -0.235. The van der Waals surface area contributed by atoms with Gasteiger partial charge in [-0.2, -0.15) is 0 Å². The van der Waals surface area contributed by atoms with Crippen molar-refractivity contribution in [2.75, 3.05) is 6.54 Å². The van der Waals surface area contributed by atoms with Gasteiger partial charge in [-0.1, -0.05) is 39.3 Å². The predicted octanol–water partition coefficient (Wildman–Crippen LogP) is 3.20. The topological polar surface area (TPSA) is 3.24 Å². The SMILES string of the molecule is [B]C(C(C)C)N(CC(C)C)C1CC=C2CC2C1. The molecule has 0 saturated heterocycles. The van der Waals surface area contributed by atoms with Crippen LogP contribution in [0.2, 0.25) is 0 Å². The van der Waals surface area contributed by atoms with E-state index >= 15 is 0 Å². The third kappa shape index (κ3) is 3.16. The quantitative estimate of drug-likeness (QED) is 0.518. The normalized spacial score (nSPS) is 29.5. The van der Waals surface area contributed by atoms with Gasteiger partial charge < -0.3 is 4.90 Å². The highest BCUT2D eigenvalue weighted by atomic mass is 15.2. The van der Waals surface area contributed by atoms with E-state index in [0.717, 1.165) is 12.5 Å². The molecule has 3 atom stereocenters. The molecule has 0 aromatic carbocycles. The van der Waals surface area contributed by atoms with E-state index in [2.05, 4.69) is 38.7 Å². The van der Waals surface area contributed by atoms with Crippen LogP contribution < -0.4 is 0 Å². The number of nitrogens with zero attached hydrogens (tertiary/aromatic N) is 1. The van der Waals surface area contributed by atoms with Gasteiger partial charge in [0.2, 0.25) is 0 Å². The van der Waals surface area contributed by atoms with Crippen molar-refractivity contribution < 1.29 is 0 Å². The molecular weight excluding hydrogens is 205 g/mol. The molecule has 3 unspecified atom stereocenters. The van der Waals surface area contributed by atoms with Crippen LogP contribution in [0.15, 0.2) is 11.6 Å². The Morgan fingerprint density at radius 1 is 1.35 bits per heavy atom. The minimum atomic E-state index is 0.219. The van der Waals surface area contributed by atoms with E-state index < -0.39 is 0 Å². The van der Waals surface area contributed by atoms with Crippen molar-refractivity contribution in [2.45, 2.75) is 58.9 Å². The molecule has 0 N–H and O–H groups in total. The van der Waals surface area contributed by atoms with Crippen molar-refractivity contribution in [1.82, 2.24) is 4.90 Å². The molecule has 2 radical (unpaired) electrons. The van der Waals surface area contributed by atoms with Crippen LogP contribution in [-0.4, -0.2) is 31.3 Å². The summed E-state index contributed by atoms with van der Waals surface area (Å²) < 4.78 is 0. The van der Waals surface area contributed by atoms with Gasteiger partial charge in [0.25, 0.3) is 0 Å². The molecule has 17 heavy (non-hydrogen) atoms. The molecule has 1 saturated carbocycles. The molecule has 2 aliphatic carbocycles. The van der Waals surface area contributed by atoms with Gasteiger partial charge in [-0.05, 0) is 43.0 Å². The van der Waals surface area contributed by atoms with Gasteiger partial charge in [-0.3, -0.25) is 0 Å². The highest BCUT2D eigenvalue weighted by Crippen LogP contribution is 2.46. The van der Waals surface area contributed by atoms with Crippen LogP contribution in [0.5, 0.6) is 0 Å². The molecule has 94 valence electrons. The molecule has 2 rings (SSSR count). The van der Waals surface area contributed by atoms with Crippen LogP contribution >= 0.6 is 0 Å². The fourth-order valence-corrected chi connectivity index (χ4v) is 3.01. The predicted molar refractivity (Wildman–Crippen MR) is 75.1 cm³/mol. The summed E-state index contributed by atoms with van der Waals surface area (Å²) in [4.78, 5) is 2.57. The average Bonchev–Trinajstić information content (AvgIpc) is 3.02. The standard InChI is InChI=1S/C15H26BN/c1-10(2)9-17(15(16)11(3)4)14-6-5-12-7-13(12)8-14/h5,10-11,13-15H,6-9H2,1-4H3.